The first kappa shape index (κ1) is 17.4. The van der Waals surface area contributed by atoms with Crippen LogP contribution >= 0.6 is 11.6 Å². The number of fused-ring (bicyclic) bond motifs is 1. The first-order valence-corrected chi connectivity index (χ1v) is 9.54. The van der Waals surface area contributed by atoms with Crippen molar-refractivity contribution in [3.63, 3.8) is 0 Å². The van der Waals surface area contributed by atoms with Crippen LogP contribution in [0.4, 0.5) is 5.69 Å². The van der Waals surface area contributed by atoms with E-state index in [9.17, 15) is 4.79 Å². The highest BCUT2D eigenvalue weighted by Crippen LogP contribution is 2.40. The molecule has 2 atom stereocenters. The smallest absolute Gasteiger partial charge is 0.221 e. The average Bonchev–Trinajstić information content (AvgIpc) is 3.23. The van der Waals surface area contributed by atoms with Gasteiger partial charge in [-0.15, -0.1) is 0 Å². The molecule has 0 radical (unpaired) electrons. The summed E-state index contributed by atoms with van der Waals surface area (Å²) >= 11 is 6.26. The van der Waals surface area contributed by atoms with Gasteiger partial charge in [-0.25, -0.2) is 0 Å². The van der Waals surface area contributed by atoms with E-state index in [2.05, 4.69) is 16.3 Å². The van der Waals surface area contributed by atoms with Crippen molar-refractivity contribution in [2.75, 3.05) is 18.4 Å². The molecule has 2 aromatic rings. The zero-order valence-electron chi connectivity index (χ0n) is 14.9. The van der Waals surface area contributed by atoms with Crippen molar-refractivity contribution in [3.05, 3.63) is 58.6 Å². The van der Waals surface area contributed by atoms with Gasteiger partial charge < -0.3 is 10.1 Å². The Labute approximate surface area is 159 Å². The Kier molecular flexibility index (Phi) is 4.88. The number of halogens is 1. The molecule has 136 valence electrons. The Balaban J connectivity index is 1.63. The van der Waals surface area contributed by atoms with E-state index in [-0.39, 0.29) is 12.0 Å². The van der Waals surface area contributed by atoms with Crippen LogP contribution in [0.2, 0.25) is 5.02 Å². The van der Waals surface area contributed by atoms with Crippen molar-refractivity contribution in [3.8, 4) is 5.75 Å². The Hall–Kier alpha value is -2.04. The number of hydrogen-bond donors (Lipinski definition) is 1. The lowest BCUT2D eigenvalue weighted by Gasteiger charge is -2.30. The number of nitrogens with zero attached hydrogens (tertiary/aromatic N) is 1. The monoisotopic (exact) mass is 370 g/mol. The van der Waals surface area contributed by atoms with Gasteiger partial charge in [0.2, 0.25) is 5.91 Å². The number of likely N-dealkylation sites (tertiary alicyclic amines) is 1. The molecule has 5 heteroatoms. The Morgan fingerprint density at radius 1 is 1.19 bits per heavy atom. The zero-order chi connectivity index (χ0) is 18.1. The number of amides is 1. The zero-order valence-corrected chi connectivity index (χ0v) is 15.6. The molecule has 1 saturated heterocycles. The summed E-state index contributed by atoms with van der Waals surface area (Å²) in [5.74, 6) is 0.674. The van der Waals surface area contributed by atoms with Gasteiger partial charge in [0.15, 0.2) is 0 Å². The highest BCUT2D eigenvalue weighted by molar-refractivity contribution is 6.30. The minimum absolute atomic E-state index is 0.0469. The van der Waals surface area contributed by atoms with Crippen LogP contribution in [0.15, 0.2) is 42.5 Å². The predicted molar refractivity (Wildman–Crippen MR) is 104 cm³/mol. The van der Waals surface area contributed by atoms with Gasteiger partial charge in [-0.3, -0.25) is 9.69 Å². The van der Waals surface area contributed by atoms with E-state index < -0.39 is 0 Å². The molecule has 0 bridgehead atoms. The van der Waals surface area contributed by atoms with Gasteiger partial charge in [-0.05, 0) is 67.7 Å². The summed E-state index contributed by atoms with van der Waals surface area (Å²) in [5, 5.41) is 3.56. The molecule has 0 spiro atoms. The van der Waals surface area contributed by atoms with Gasteiger partial charge in [0, 0.05) is 23.7 Å². The molecule has 1 aliphatic carbocycles. The molecule has 0 unspecified atom stereocenters. The van der Waals surface area contributed by atoms with Crippen molar-refractivity contribution >= 4 is 23.2 Å². The van der Waals surface area contributed by atoms with Crippen LogP contribution in [-0.2, 0) is 11.2 Å². The second-order valence-corrected chi connectivity index (χ2v) is 7.54. The van der Waals surface area contributed by atoms with Gasteiger partial charge in [-0.1, -0.05) is 23.7 Å². The molecule has 1 heterocycles. The third-order valence-corrected chi connectivity index (χ3v) is 5.46. The molecule has 1 aliphatic heterocycles. The topological polar surface area (TPSA) is 41.6 Å². The van der Waals surface area contributed by atoms with Crippen LogP contribution in [0, 0.1) is 0 Å². The van der Waals surface area contributed by atoms with E-state index in [4.69, 9.17) is 16.3 Å². The van der Waals surface area contributed by atoms with E-state index in [1.54, 1.807) is 0 Å². The van der Waals surface area contributed by atoms with Gasteiger partial charge >= 0.3 is 0 Å². The van der Waals surface area contributed by atoms with Crippen LogP contribution in [0.1, 0.15) is 37.0 Å². The number of carbonyl (C=O) groups excluding carboxylic acids is 1. The second-order valence-electron chi connectivity index (χ2n) is 7.11. The number of hydrogen-bond acceptors (Lipinski definition) is 3. The minimum atomic E-state index is -0.0879. The number of anilines is 1. The normalized spacial score (nSPS) is 22.2. The molecule has 4 nitrogen and oxygen atoms in total. The van der Waals surface area contributed by atoms with E-state index in [0.29, 0.717) is 6.04 Å². The van der Waals surface area contributed by atoms with Crippen LogP contribution < -0.4 is 10.1 Å². The van der Waals surface area contributed by atoms with Crippen molar-refractivity contribution < 1.29 is 9.53 Å². The predicted octanol–water partition coefficient (Wildman–Crippen LogP) is 4.44. The molecule has 0 aromatic heterocycles. The van der Waals surface area contributed by atoms with Crippen LogP contribution in [0.25, 0.3) is 0 Å². The maximum absolute atomic E-state index is 11.3. The molecular weight excluding hydrogens is 348 g/mol. The minimum Gasteiger partial charge on any atom is -0.484 e. The van der Waals surface area contributed by atoms with Crippen LogP contribution in [0.5, 0.6) is 5.75 Å². The lowest BCUT2D eigenvalue weighted by Crippen LogP contribution is -2.38. The third-order valence-electron chi connectivity index (χ3n) is 5.22. The first-order valence-electron chi connectivity index (χ1n) is 9.17. The summed E-state index contributed by atoms with van der Waals surface area (Å²) in [6.07, 6.45) is 3.44. The summed E-state index contributed by atoms with van der Waals surface area (Å²) in [6, 6.07) is 14.0. The highest BCUT2D eigenvalue weighted by Gasteiger charge is 2.39. The molecule has 1 amide bonds. The summed E-state index contributed by atoms with van der Waals surface area (Å²) in [5.41, 5.74) is 3.24. The lowest BCUT2D eigenvalue weighted by atomic mass is 10.1. The Bertz CT molecular complexity index is 817. The maximum Gasteiger partial charge on any atom is 0.221 e. The van der Waals surface area contributed by atoms with Crippen LogP contribution in [-0.4, -0.2) is 29.9 Å². The number of carbonyl (C=O) groups is 1. The second kappa shape index (κ2) is 7.29. The van der Waals surface area contributed by atoms with E-state index >= 15 is 0 Å². The van der Waals surface area contributed by atoms with Crippen molar-refractivity contribution in [1.82, 2.24) is 4.90 Å². The highest BCUT2D eigenvalue weighted by atomic mass is 35.5. The lowest BCUT2D eigenvalue weighted by molar-refractivity contribution is -0.114. The fourth-order valence-corrected chi connectivity index (χ4v) is 4.27. The summed E-state index contributed by atoms with van der Waals surface area (Å²) in [6.45, 7) is 3.75. The molecule has 1 N–H and O–H groups in total. The van der Waals surface area contributed by atoms with E-state index in [1.165, 1.54) is 30.9 Å². The third kappa shape index (κ3) is 3.57. The molecule has 1 fully saturated rings. The van der Waals surface area contributed by atoms with Crippen LogP contribution in [0.3, 0.4) is 0 Å². The first-order chi connectivity index (χ1) is 12.6. The Morgan fingerprint density at radius 2 is 2.00 bits per heavy atom. The fourth-order valence-electron chi connectivity index (χ4n) is 4.09. The number of ether oxygens (including phenoxy) is 1. The molecule has 4 rings (SSSR count). The fraction of sp³-hybridized carbons (Fsp3) is 0.381. The number of rotatable bonds is 4. The quantitative estimate of drug-likeness (QED) is 0.865. The molecule has 2 aromatic carbocycles. The van der Waals surface area contributed by atoms with Gasteiger partial charge in [0.25, 0.3) is 0 Å². The number of benzene rings is 2. The molecular formula is C21H23ClN2O2. The standard InChI is InChI=1S/C21H23ClN2O2/c1-14(25)23-17-5-4-6-18(13-17)26-21-19-12-16(22)8-7-15(19)11-20(21)24-9-2-3-10-24/h4-8,12-13,20-21H,2-3,9-11H2,1H3,(H,23,25)/t20-,21-/m0/s1. The molecule has 0 saturated carbocycles. The molecule has 2 aliphatic rings. The van der Waals surface area contributed by atoms with Gasteiger partial charge in [0.05, 0.1) is 6.04 Å². The largest absolute Gasteiger partial charge is 0.484 e. The van der Waals surface area contributed by atoms with Gasteiger partial charge in [0.1, 0.15) is 11.9 Å². The van der Waals surface area contributed by atoms with E-state index in [0.717, 1.165) is 36.0 Å². The maximum atomic E-state index is 11.3. The van der Waals surface area contributed by atoms with Crippen molar-refractivity contribution in [2.24, 2.45) is 0 Å². The average molecular weight is 371 g/mol. The van der Waals surface area contributed by atoms with Crippen molar-refractivity contribution in [1.29, 1.82) is 0 Å². The number of nitrogens with one attached hydrogen (secondary N) is 1. The SMILES string of the molecule is CC(=O)Nc1cccc(O[C@H]2c3cc(Cl)ccc3C[C@@H]2N2CCCC2)c1. The van der Waals surface area contributed by atoms with Gasteiger partial charge in [-0.2, -0.15) is 0 Å². The summed E-state index contributed by atoms with van der Waals surface area (Å²) < 4.78 is 6.45. The summed E-state index contributed by atoms with van der Waals surface area (Å²) in [4.78, 5) is 13.9. The Morgan fingerprint density at radius 3 is 2.77 bits per heavy atom. The molecule has 26 heavy (non-hydrogen) atoms. The van der Waals surface area contributed by atoms with E-state index in [1.807, 2.05) is 36.4 Å². The van der Waals surface area contributed by atoms with Crippen molar-refractivity contribution in [2.45, 2.75) is 38.3 Å². The summed E-state index contributed by atoms with van der Waals surface area (Å²) in [7, 11) is 0.